The average molecular weight is 148 g/mol. The highest BCUT2D eigenvalue weighted by molar-refractivity contribution is 7.96. The maximum absolute atomic E-state index is 10.5. The van der Waals surface area contributed by atoms with Gasteiger partial charge < -0.3 is 5.11 Å². The minimum Gasteiger partial charge on any atom is -0.381 e. The van der Waals surface area contributed by atoms with E-state index in [1.807, 2.05) is 0 Å². The number of rotatable bonds is 3. The molecule has 0 aromatic carbocycles. The summed E-state index contributed by atoms with van der Waals surface area (Å²) in [5, 5.41) is 8.84. The Balaban J connectivity index is 4.09. The van der Waals surface area contributed by atoms with Gasteiger partial charge in [0.1, 0.15) is 5.60 Å². The molecular weight excluding hydrogens is 136 g/mol. The quantitative estimate of drug-likeness (QED) is 0.586. The van der Waals surface area contributed by atoms with E-state index in [9.17, 15) is 9.90 Å². The predicted octanol–water partition coefficient (Wildman–Crippen LogP) is 0.994. The van der Waals surface area contributed by atoms with Gasteiger partial charge in [0.05, 0.1) is 0 Å². The molecule has 0 rings (SSSR count). The van der Waals surface area contributed by atoms with Crippen LogP contribution >= 0.6 is 12.6 Å². The van der Waals surface area contributed by atoms with Gasteiger partial charge in [-0.05, 0) is 12.8 Å². The highest BCUT2D eigenvalue weighted by Gasteiger charge is 2.28. The molecule has 0 bridgehead atoms. The first-order chi connectivity index (χ1) is 4.06. The van der Waals surface area contributed by atoms with Crippen LogP contribution in [0.4, 0.5) is 0 Å². The SMILES string of the molecule is CCC(O)(CC)C(=O)S. The summed E-state index contributed by atoms with van der Waals surface area (Å²) in [7, 11) is 0. The summed E-state index contributed by atoms with van der Waals surface area (Å²) in [6, 6.07) is 0. The topological polar surface area (TPSA) is 37.3 Å². The first-order valence-electron chi connectivity index (χ1n) is 3.02. The zero-order chi connectivity index (χ0) is 7.49. The molecule has 3 heteroatoms. The standard InChI is InChI=1S/C6H12O2S/c1-3-6(8,4-2)5(7)9/h8H,3-4H2,1-2H3,(H,7,9). The van der Waals surface area contributed by atoms with E-state index in [4.69, 9.17) is 0 Å². The Morgan fingerprint density at radius 1 is 1.56 bits per heavy atom. The molecule has 0 aliphatic heterocycles. The van der Waals surface area contributed by atoms with E-state index in [-0.39, 0.29) is 0 Å². The Kier molecular flexibility index (Phi) is 3.22. The number of carbonyl (C=O) groups is 1. The Morgan fingerprint density at radius 2 is 1.89 bits per heavy atom. The molecular formula is C6H12O2S. The van der Waals surface area contributed by atoms with Gasteiger partial charge in [0.25, 0.3) is 0 Å². The van der Waals surface area contributed by atoms with Crippen LogP contribution in [0.15, 0.2) is 0 Å². The summed E-state index contributed by atoms with van der Waals surface area (Å²) in [6.07, 6.45) is 0.873. The minimum absolute atomic E-state index is 0.436. The first kappa shape index (κ1) is 8.98. The van der Waals surface area contributed by atoms with Crippen LogP contribution in [0.1, 0.15) is 26.7 Å². The van der Waals surface area contributed by atoms with Gasteiger partial charge in [-0.3, -0.25) is 4.79 Å². The molecule has 0 saturated heterocycles. The summed E-state index contributed by atoms with van der Waals surface area (Å²) in [5.41, 5.74) is -1.19. The van der Waals surface area contributed by atoms with Crippen molar-refractivity contribution < 1.29 is 9.90 Å². The summed E-state index contributed by atoms with van der Waals surface area (Å²) < 4.78 is 0. The second-order valence-corrected chi connectivity index (χ2v) is 2.45. The van der Waals surface area contributed by atoms with Crippen LogP contribution in [0.5, 0.6) is 0 Å². The van der Waals surface area contributed by atoms with Crippen molar-refractivity contribution in [3.8, 4) is 0 Å². The normalized spacial score (nSPS) is 11.6. The number of hydrogen-bond acceptors (Lipinski definition) is 2. The van der Waals surface area contributed by atoms with Crippen molar-refractivity contribution in [2.75, 3.05) is 0 Å². The molecule has 0 unspecified atom stereocenters. The van der Waals surface area contributed by atoms with Gasteiger partial charge >= 0.3 is 0 Å². The molecule has 2 nitrogen and oxygen atoms in total. The zero-order valence-corrected chi connectivity index (χ0v) is 6.61. The molecule has 9 heavy (non-hydrogen) atoms. The molecule has 0 aliphatic rings. The van der Waals surface area contributed by atoms with Gasteiger partial charge in [0.2, 0.25) is 5.12 Å². The number of thiol groups is 1. The number of carbonyl (C=O) groups excluding carboxylic acids is 1. The molecule has 0 saturated carbocycles. The molecule has 0 radical (unpaired) electrons. The fourth-order valence-corrected chi connectivity index (χ4v) is 0.869. The molecule has 0 aromatic heterocycles. The van der Waals surface area contributed by atoms with E-state index in [1.54, 1.807) is 13.8 Å². The lowest BCUT2D eigenvalue weighted by Crippen LogP contribution is -2.33. The molecule has 0 amide bonds. The van der Waals surface area contributed by atoms with Crippen LogP contribution in [-0.4, -0.2) is 15.8 Å². The zero-order valence-electron chi connectivity index (χ0n) is 5.72. The van der Waals surface area contributed by atoms with Gasteiger partial charge in [-0.1, -0.05) is 13.8 Å². The van der Waals surface area contributed by atoms with Crippen LogP contribution in [0.25, 0.3) is 0 Å². The van der Waals surface area contributed by atoms with E-state index in [0.717, 1.165) is 0 Å². The highest BCUT2D eigenvalue weighted by Crippen LogP contribution is 2.16. The number of hydrogen-bond donors (Lipinski definition) is 2. The Hall–Kier alpha value is -0.0200. The fourth-order valence-electron chi connectivity index (χ4n) is 0.552. The van der Waals surface area contributed by atoms with Crippen LogP contribution in [0.3, 0.4) is 0 Å². The lowest BCUT2D eigenvalue weighted by molar-refractivity contribution is -0.128. The average Bonchev–Trinajstić information content (AvgIpc) is 1.86. The molecule has 54 valence electrons. The predicted molar refractivity (Wildman–Crippen MR) is 39.5 cm³/mol. The van der Waals surface area contributed by atoms with Crippen molar-refractivity contribution in [1.82, 2.24) is 0 Å². The van der Waals surface area contributed by atoms with Crippen molar-refractivity contribution in [3.63, 3.8) is 0 Å². The Labute approximate surface area is 60.7 Å². The first-order valence-corrected chi connectivity index (χ1v) is 3.47. The molecule has 0 fully saturated rings. The maximum Gasteiger partial charge on any atom is 0.217 e. The molecule has 0 aliphatic carbocycles. The van der Waals surface area contributed by atoms with Crippen LogP contribution < -0.4 is 0 Å². The van der Waals surface area contributed by atoms with Crippen LogP contribution in [0, 0.1) is 0 Å². The highest BCUT2D eigenvalue weighted by atomic mass is 32.1. The maximum atomic E-state index is 10.5. The van der Waals surface area contributed by atoms with Gasteiger partial charge in [-0.25, -0.2) is 0 Å². The largest absolute Gasteiger partial charge is 0.381 e. The van der Waals surface area contributed by atoms with Crippen molar-refractivity contribution in [3.05, 3.63) is 0 Å². The lowest BCUT2D eigenvalue weighted by atomic mass is 10.00. The summed E-state index contributed by atoms with van der Waals surface area (Å²) in [5.74, 6) is 0. The third-order valence-electron chi connectivity index (χ3n) is 1.57. The van der Waals surface area contributed by atoms with Crippen molar-refractivity contribution >= 4 is 17.7 Å². The molecule has 0 spiro atoms. The molecule has 0 aromatic rings. The van der Waals surface area contributed by atoms with Crippen molar-refractivity contribution in [2.45, 2.75) is 32.3 Å². The molecule has 0 heterocycles. The second kappa shape index (κ2) is 3.22. The fraction of sp³-hybridized carbons (Fsp3) is 0.833. The summed E-state index contributed by atoms with van der Waals surface area (Å²) >= 11 is 3.55. The Bertz CT molecular complexity index is 108. The van der Waals surface area contributed by atoms with Crippen molar-refractivity contribution in [2.24, 2.45) is 0 Å². The lowest BCUT2D eigenvalue weighted by Gasteiger charge is -2.19. The smallest absolute Gasteiger partial charge is 0.217 e. The van der Waals surface area contributed by atoms with Gasteiger partial charge in [-0.2, -0.15) is 0 Å². The monoisotopic (exact) mass is 148 g/mol. The van der Waals surface area contributed by atoms with E-state index in [0.29, 0.717) is 12.8 Å². The van der Waals surface area contributed by atoms with E-state index in [1.165, 1.54) is 0 Å². The van der Waals surface area contributed by atoms with E-state index >= 15 is 0 Å². The third-order valence-corrected chi connectivity index (χ3v) is 1.98. The third kappa shape index (κ3) is 1.99. The van der Waals surface area contributed by atoms with Gasteiger partial charge in [-0.15, -0.1) is 12.6 Å². The molecule has 0 atom stereocenters. The minimum atomic E-state index is -1.19. The van der Waals surface area contributed by atoms with Crippen LogP contribution in [-0.2, 0) is 4.79 Å². The van der Waals surface area contributed by atoms with E-state index < -0.39 is 10.7 Å². The summed E-state index contributed by atoms with van der Waals surface area (Å²) in [4.78, 5) is 10.5. The molecule has 1 N–H and O–H groups in total. The van der Waals surface area contributed by atoms with Crippen molar-refractivity contribution in [1.29, 1.82) is 0 Å². The van der Waals surface area contributed by atoms with E-state index in [2.05, 4.69) is 12.6 Å². The summed E-state index contributed by atoms with van der Waals surface area (Å²) in [6.45, 7) is 3.52. The van der Waals surface area contributed by atoms with Gasteiger partial charge in [0, 0.05) is 0 Å². The van der Waals surface area contributed by atoms with Gasteiger partial charge in [0.15, 0.2) is 0 Å². The van der Waals surface area contributed by atoms with Crippen LogP contribution in [0.2, 0.25) is 0 Å². The number of aliphatic hydroxyl groups is 1. The Morgan fingerprint density at radius 3 is 1.89 bits per heavy atom. The second-order valence-electron chi connectivity index (χ2n) is 2.04.